The summed E-state index contributed by atoms with van der Waals surface area (Å²) in [6.45, 7) is 3.50. The fraction of sp³-hybridized carbons (Fsp3) is 0.500. The average molecular weight is 133 g/mol. The molecule has 0 bridgehead atoms. The largest absolute Gasteiger partial charge is 0.258 e. The lowest BCUT2D eigenvalue weighted by molar-refractivity contribution is 1.43. The van der Waals surface area contributed by atoms with Gasteiger partial charge in [-0.3, -0.25) is 5.14 Å². The monoisotopic (exact) mass is 133 g/mol. The molecule has 0 saturated heterocycles. The van der Waals surface area contributed by atoms with Crippen LogP contribution in [0.15, 0.2) is 20.7 Å². The fourth-order valence-corrected chi connectivity index (χ4v) is 0.692. The highest BCUT2D eigenvalue weighted by atomic mass is 32.2. The second-order valence-electron chi connectivity index (χ2n) is 1.17. The van der Waals surface area contributed by atoms with E-state index in [1.54, 1.807) is 19.5 Å². The van der Waals surface area contributed by atoms with Crippen molar-refractivity contribution in [1.82, 2.24) is 0 Å². The Labute approximate surface area is 50.6 Å². The highest BCUT2D eigenvalue weighted by molar-refractivity contribution is 7.96. The molecule has 0 aromatic carbocycles. The molecular formula is C4H11N3S. The molecule has 8 heavy (non-hydrogen) atoms. The molecule has 2 N–H and O–H groups in total. The number of rotatable bonds is 1. The number of hydrogen-bond donors (Lipinski definition) is 1. The second kappa shape index (κ2) is 2.84. The normalized spacial score (nSPS) is 10.4. The highest BCUT2D eigenvalue weighted by Crippen LogP contribution is 1.88. The van der Waals surface area contributed by atoms with Gasteiger partial charge in [0, 0.05) is 23.9 Å². The van der Waals surface area contributed by atoms with Crippen LogP contribution in [0.3, 0.4) is 0 Å². The Morgan fingerprint density at radius 3 is 1.88 bits per heavy atom. The molecule has 0 rings (SSSR count). The third kappa shape index (κ3) is 1.63. The maximum Gasteiger partial charge on any atom is 0.0372 e. The van der Waals surface area contributed by atoms with Gasteiger partial charge in [-0.05, 0) is 5.41 Å². The van der Waals surface area contributed by atoms with Gasteiger partial charge in [0.25, 0.3) is 0 Å². The summed E-state index contributed by atoms with van der Waals surface area (Å²) < 4.78 is 7.67. The molecule has 0 aliphatic heterocycles. The van der Waals surface area contributed by atoms with Crippen molar-refractivity contribution in [2.24, 2.45) is 13.9 Å². The first kappa shape index (κ1) is 7.65. The summed E-state index contributed by atoms with van der Waals surface area (Å²) >= 11 is 0. The lowest BCUT2D eigenvalue weighted by atomic mass is 11.3. The molecule has 0 aromatic heterocycles. The van der Waals surface area contributed by atoms with Crippen LogP contribution in [-0.4, -0.2) is 14.1 Å². The molecule has 0 heterocycles. The van der Waals surface area contributed by atoms with Crippen molar-refractivity contribution < 1.29 is 0 Å². The SMILES string of the molecule is C=CS(N)(=NC)=NC. The van der Waals surface area contributed by atoms with E-state index in [0.29, 0.717) is 0 Å². The van der Waals surface area contributed by atoms with Crippen LogP contribution >= 0.6 is 0 Å². The Morgan fingerprint density at radius 1 is 1.50 bits per heavy atom. The number of hydrogen-bond acceptors (Lipinski definition) is 2. The van der Waals surface area contributed by atoms with Crippen molar-refractivity contribution in [3.8, 4) is 0 Å². The van der Waals surface area contributed by atoms with Crippen LogP contribution in [0, 0.1) is 0 Å². The zero-order chi connectivity index (χ0) is 6.62. The van der Waals surface area contributed by atoms with Crippen LogP contribution < -0.4 is 5.14 Å². The second-order valence-corrected chi connectivity index (χ2v) is 3.51. The van der Waals surface area contributed by atoms with E-state index in [9.17, 15) is 0 Å². The lowest BCUT2D eigenvalue weighted by Crippen LogP contribution is -2.06. The van der Waals surface area contributed by atoms with Crippen LogP contribution in [-0.2, 0) is 9.81 Å². The molecule has 0 aliphatic carbocycles. The maximum absolute atomic E-state index is 5.53. The molecule has 48 valence electrons. The quantitative estimate of drug-likeness (QED) is 0.564. The Hall–Kier alpha value is -0.350. The Morgan fingerprint density at radius 2 is 1.88 bits per heavy atom. The standard InChI is InChI=1S/C4H11N3S/c1-4-8(5,6-2)7-3/h4H,1H2,2-3H3,(H2,5,6,7). The minimum atomic E-state index is -1.64. The fourth-order valence-electron chi connectivity index (χ4n) is 0.231. The van der Waals surface area contributed by atoms with Gasteiger partial charge in [0.05, 0.1) is 0 Å². The molecule has 0 atom stereocenters. The van der Waals surface area contributed by atoms with Crippen LogP contribution in [0.5, 0.6) is 0 Å². The molecule has 0 aromatic rings. The Balaban J connectivity index is 4.80. The van der Waals surface area contributed by atoms with Crippen LogP contribution in [0.4, 0.5) is 0 Å². The van der Waals surface area contributed by atoms with Gasteiger partial charge < -0.3 is 0 Å². The van der Waals surface area contributed by atoms with Crippen LogP contribution in [0.25, 0.3) is 0 Å². The van der Waals surface area contributed by atoms with Crippen molar-refractivity contribution in [3.63, 3.8) is 0 Å². The third-order valence-electron chi connectivity index (χ3n) is 0.830. The average Bonchev–Trinajstić information content (AvgIpc) is 1.87. The van der Waals surface area contributed by atoms with Gasteiger partial charge in [-0.15, -0.1) is 0 Å². The van der Waals surface area contributed by atoms with E-state index in [2.05, 4.69) is 15.3 Å². The van der Waals surface area contributed by atoms with E-state index in [1.807, 2.05) is 0 Å². The summed E-state index contributed by atoms with van der Waals surface area (Å²) in [4.78, 5) is 0. The van der Waals surface area contributed by atoms with E-state index < -0.39 is 9.81 Å². The van der Waals surface area contributed by atoms with Gasteiger partial charge in [0.2, 0.25) is 0 Å². The van der Waals surface area contributed by atoms with Crippen molar-refractivity contribution in [1.29, 1.82) is 0 Å². The van der Waals surface area contributed by atoms with Crippen molar-refractivity contribution in [2.75, 3.05) is 14.1 Å². The van der Waals surface area contributed by atoms with E-state index in [0.717, 1.165) is 0 Å². The predicted molar refractivity (Wildman–Crippen MR) is 38.5 cm³/mol. The molecule has 3 nitrogen and oxygen atoms in total. The van der Waals surface area contributed by atoms with E-state index in [1.165, 1.54) is 0 Å². The van der Waals surface area contributed by atoms with E-state index in [4.69, 9.17) is 5.14 Å². The van der Waals surface area contributed by atoms with Crippen molar-refractivity contribution in [3.05, 3.63) is 12.0 Å². The third-order valence-corrected chi connectivity index (χ3v) is 2.49. The van der Waals surface area contributed by atoms with Crippen LogP contribution in [0.2, 0.25) is 0 Å². The van der Waals surface area contributed by atoms with Gasteiger partial charge in [0.15, 0.2) is 0 Å². The summed E-state index contributed by atoms with van der Waals surface area (Å²) in [5.41, 5.74) is 0. The summed E-state index contributed by atoms with van der Waals surface area (Å²) in [7, 11) is 1.65. The lowest BCUT2D eigenvalue weighted by Gasteiger charge is -1.97. The molecular weight excluding hydrogens is 122 g/mol. The van der Waals surface area contributed by atoms with Crippen LogP contribution in [0.1, 0.15) is 0 Å². The maximum atomic E-state index is 5.53. The Kier molecular flexibility index (Phi) is 2.71. The van der Waals surface area contributed by atoms with Crippen molar-refractivity contribution in [2.45, 2.75) is 0 Å². The number of nitrogens with zero attached hydrogens (tertiary/aromatic N) is 2. The van der Waals surface area contributed by atoms with E-state index in [-0.39, 0.29) is 0 Å². The minimum absolute atomic E-state index is 1.58. The first-order chi connectivity index (χ1) is 3.68. The summed E-state index contributed by atoms with van der Waals surface area (Å²) in [5, 5.41) is 7.10. The first-order valence-electron chi connectivity index (χ1n) is 2.14. The topological polar surface area (TPSA) is 50.7 Å². The molecule has 0 fully saturated rings. The zero-order valence-electron chi connectivity index (χ0n) is 5.16. The first-order valence-corrected chi connectivity index (χ1v) is 3.81. The molecule has 4 heteroatoms. The minimum Gasteiger partial charge on any atom is -0.258 e. The highest BCUT2D eigenvalue weighted by Gasteiger charge is 1.82. The van der Waals surface area contributed by atoms with Gasteiger partial charge in [-0.1, -0.05) is 6.58 Å². The van der Waals surface area contributed by atoms with Crippen molar-refractivity contribution >= 4 is 9.81 Å². The smallest absolute Gasteiger partial charge is 0.0372 e. The molecule has 0 saturated carbocycles. The summed E-state index contributed by atoms with van der Waals surface area (Å²) in [5.74, 6) is 0. The van der Waals surface area contributed by atoms with Gasteiger partial charge in [-0.25, -0.2) is 8.73 Å². The molecule has 0 amide bonds. The summed E-state index contributed by atoms with van der Waals surface area (Å²) in [6.07, 6.45) is 0. The molecule has 0 aliphatic rings. The molecule has 0 unspecified atom stereocenters. The van der Waals surface area contributed by atoms with Gasteiger partial charge in [0.1, 0.15) is 0 Å². The Bertz CT molecular complexity index is 171. The predicted octanol–water partition coefficient (Wildman–Crippen LogP) is 0.784. The number of nitrogens with two attached hydrogens (primary N) is 1. The molecule has 0 radical (unpaired) electrons. The van der Waals surface area contributed by atoms with Gasteiger partial charge in [-0.2, -0.15) is 0 Å². The summed E-state index contributed by atoms with van der Waals surface area (Å²) in [6, 6.07) is 0. The van der Waals surface area contributed by atoms with E-state index >= 15 is 0 Å². The zero-order valence-corrected chi connectivity index (χ0v) is 5.98. The van der Waals surface area contributed by atoms with Gasteiger partial charge >= 0.3 is 0 Å². The molecule has 0 spiro atoms.